The van der Waals surface area contributed by atoms with Crippen LogP contribution in [-0.2, 0) is 5.41 Å². The molecule has 6 nitrogen and oxygen atoms in total. The van der Waals surface area contributed by atoms with E-state index < -0.39 is 12.0 Å². The number of primary amides is 1. The number of nitrogens with two attached hydrogens (primary N) is 1. The number of pyridine rings is 1. The Labute approximate surface area is 159 Å². The molecule has 0 radical (unpaired) electrons. The second kappa shape index (κ2) is 6.62. The summed E-state index contributed by atoms with van der Waals surface area (Å²) >= 11 is 0. The lowest BCUT2D eigenvalue weighted by molar-refractivity contribution is 0.0166. The molecule has 0 bridgehead atoms. The molecule has 1 saturated heterocycles. The first kappa shape index (κ1) is 17.9. The van der Waals surface area contributed by atoms with Gasteiger partial charge in [0.05, 0.1) is 12.1 Å². The Bertz CT molecular complexity index is 859. The molecular weight excluding hydrogens is 340 g/mol. The number of benzene rings is 1. The van der Waals surface area contributed by atoms with Crippen molar-refractivity contribution in [2.45, 2.75) is 30.4 Å². The molecule has 1 fully saturated rings. The number of aromatic nitrogens is 1. The van der Waals surface area contributed by atoms with E-state index in [9.17, 15) is 9.90 Å². The van der Waals surface area contributed by atoms with E-state index in [1.165, 1.54) is 11.1 Å². The predicted octanol–water partition coefficient (Wildman–Crippen LogP) is 1.70. The van der Waals surface area contributed by atoms with E-state index in [0.29, 0.717) is 5.56 Å². The van der Waals surface area contributed by atoms with Gasteiger partial charge >= 0.3 is 0 Å². The lowest BCUT2D eigenvalue weighted by atomic mass is 9.72. The summed E-state index contributed by atoms with van der Waals surface area (Å²) in [6.07, 6.45) is 2.88. The van der Waals surface area contributed by atoms with Crippen molar-refractivity contribution in [2.24, 2.45) is 5.73 Å². The number of hydrogen-bond donors (Lipinski definition) is 2. The Balaban J connectivity index is 1.62. The maximum absolute atomic E-state index is 11.5. The standard InChI is InChI=1S/C21H26N4O2/c1-24(2)18-15-5-3-4-6-16(15)21(19(18)26)8-11-25(12-9-21)17-13-14(20(22)27)7-10-23-17/h3-7,10,13,18-19,26H,8-9,11-12H2,1-2H3,(H2,22,27)/t18-,19+/m0/s1. The number of aliphatic hydroxyl groups excluding tert-OH is 1. The molecule has 142 valence electrons. The highest BCUT2D eigenvalue weighted by atomic mass is 16.3. The van der Waals surface area contributed by atoms with E-state index in [1.54, 1.807) is 18.3 Å². The maximum atomic E-state index is 11.5. The van der Waals surface area contributed by atoms with Gasteiger partial charge in [-0.15, -0.1) is 0 Å². The fraction of sp³-hybridized carbons (Fsp3) is 0.429. The maximum Gasteiger partial charge on any atom is 0.248 e. The average molecular weight is 366 g/mol. The minimum Gasteiger partial charge on any atom is -0.390 e. The lowest BCUT2D eigenvalue weighted by Crippen LogP contribution is -2.49. The van der Waals surface area contributed by atoms with Crippen molar-refractivity contribution in [3.63, 3.8) is 0 Å². The van der Waals surface area contributed by atoms with Crippen molar-refractivity contribution in [1.82, 2.24) is 9.88 Å². The van der Waals surface area contributed by atoms with Crippen molar-refractivity contribution < 1.29 is 9.90 Å². The van der Waals surface area contributed by atoms with Gasteiger partial charge in [0.2, 0.25) is 5.91 Å². The fourth-order valence-corrected chi connectivity index (χ4v) is 4.85. The van der Waals surface area contributed by atoms with Gasteiger partial charge in [-0.25, -0.2) is 4.98 Å². The number of rotatable bonds is 3. The van der Waals surface area contributed by atoms with Gasteiger partial charge in [0, 0.05) is 30.3 Å². The van der Waals surface area contributed by atoms with E-state index in [-0.39, 0.29) is 11.5 Å². The number of aliphatic hydroxyl groups is 1. The number of piperidine rings is 1. The molecule has 0 unspecified atom stereocenters. The summed E-state index contributed by atoms with van der Waals surface area (Å²) in [4.78, 5) is 20.2. The van der Waals surface area contributed by atoms with Gasteiger partial charge in [-0.3, -0.25) is 4.79 Å². The molecule has 2 atom stereocenters. The van der Waals surface area contributed by atoms with Crippen LogP contribution in [0.1, 0.15) is 40.4 Å². The van der Waals surface area contributed by atoms with Gasteiger partial charge < -0.3 is 20.6 Å². The highest BCUT2D eigenvalue weighted by Gasteiger charge is 2.53. The van der Waals surface area contributed by atoms with Crippen LogP contribution >= 0.6 is 0 Å². The number of nitrogens with zero attached hydrogens (tertiary/aromatic N) is 3. The zero-order chi connectivity index (χ0) is 19.2. The Hall–Kier alpha value is -2.44. The van der Waals surface area contributed by atoms with Crippen LogP contribution in [0.5, 0.6) is 0 Å². The van der Waals surface area contributed by atoms with Crippen molar-refractivity contribution >= 4 is 11.7 Å². The van der Waals surface area contributed by atoms with E-state index >= 15 is 0 Å². The van der Waals surface area contributed by atoms with Crippen LogP contribution in [0.15, 0.2) is 42.6 Å². The summed E-state index contributed by atoms with van der Waals surface area (Å²) in [6.45, 7) is 1.56. The largest absolute Gasteiger partial charge is 0.390 e. The molecule has 1 amide bonds. The molecular formula is C21H26N4O2. The minimum absolute atomic E-state index is 0.0177. The molecule has 0 saturated carbocycles. The third-order valence-corrected chi connectivity index (χ3v) is 6.25. The molecule has 3 N–H and O–H groups in total. The van der Waals surface area contributed by atoms with E-state index in [2.05, 4.69) is 39.0 Å². The summed E-state index contributed by atoms with van der Waals surface area (Å²) in [7, 11) is 4.05. The van der Waals surface area contributed by atoms with Crippen LogP contribution < -0.4 is 10.6 Å². The number of carbonyl (C=O) groups is 1. The van der Waals surface area contributed by atoms with Gasteiger partial charge in [0.15, 0.2) is 0 Å². The highest BCUT2D eigenvalue weighted by Crippen LogP contribution is 2.52. The molecule has 4 rings (SSSR count). The first-order valence-corrected chi connectivity index (χ1v) is 9.39. The molecule has 6 heteroatoms. The van der Waals surface area contributed by atoms with Crippen LogP contribution in [-0.4, -0.2) is 54.2 Å². The molecule has 1 aromatic carbocycles. The van der Waals surface area contributed by atoms with E-state index in [4.69, 9.17) is 5.73 Å². The number of fused-ring (bicyclic) bond motifs is 2. The number of carbonyl (C=O) groups excluding carboxylic acids is 1. The Morgan fingerprint density at radius 2 is 1.96 bits per heavy atom. The van der Waals surface area contributed by atoms with Crippen molar-refractivity contribution in [2.75, 3.05) is 32.1 Å². The first-order valence-electron chi connectivity index (χ1n) is 9.39. The molecule has 27 heavy (non-hydrogen) atoms. The average Bonchev–Trinajstić information content (AvgIpc) is 2.91. The van der Waals surface area contributed by atoms with Crippen molar-refractivity contribution in [3.05, 3.63) is 59.3 Å². The normalized spacial score (nSPS) is 23.6. The van der Waals surface area contributed by atoms with Gasteiger partial charge in [-0.05, 0) is 50.2 Å². The fourth-order valence-electron chi connectivity index (χ4n) is 4.85. The summed E-state index contributed by atoms with van der Waals surface area (Å²) in [6, 6.07) is 11.8. The van der Waals surface area contributed by atoms with E-state index in [0.717, 1.165) is 31.7 Å². The molecule has 2 aliphatic rings. The van der Waals surface area contributed by atoms with Crippen molar-refractivity contribution in [3.8, 4) is 0 Å². The second-order valence-electron chi connectivity index (χ2n) is 7.85. The Kier molecular flexibility index (Phi) is 4.40. The molecule has 1 spiro atoms. The molecule has 1 aliphatic heterocycles. The van der Waals surface area contributed by atoms with Crippen LogP contribution in [0, 0.1) is 0 Å². The topological polar surface area (TPSA) is 82.7 Å². The highest BCUT2D eigenvalue weighted by molar-refractivity contribution is 5.93. The quantitative estimate of drug-likeness (QED) is 0.864. The third-order valence-electron chi connectivity index (χ3n) is 6.25. The van der Waals surface area contributed by atoms with Crippen molar-refractivity contribution in [1.29, 1.82) is 0 Å². The van der Waals surface area contributed by atoms with E-state index in [1.807, 2.05) is 14.1 Å². The molecule has 1 aromatic heterocycles. The first-order chi connectivity index (χ1) is 12.9. The summed E-state index contributed by atoms with van der Waals surface area (Å²) in [5, 5.41) is 11.3. The smallest absolute Gasteiger partial charge is 0.248 e. The molecule has 1 aliphatic carbocycles. The summed E-state index contributed by atoms with van der Waals surface area (Å²) in [5.74, 6) is 0.326. The van der Waals surface area contributed by atoms with Crippen LogP contribution in [0.3, 0.4) is 0 Å². The number of amides is 1. The summed E-state index contributed by atoms with van der Waals surface area (Å²) < 4.78 is 0. The van der Waals surface area contributed by atoms with Gasteiger partial charge in [0.1, 0.15) is 5.82 Å². The van der Waals surface area contributed by atoms with Crippen LogP contribution in [0.25, 0.3) is 0 Å². The van der Waals surface area contributed by atoms with Crippen LogP contribution in [0.2, 0.25) is 0 Å². The molecule has 2 heterocycles. The van der Waals surface area contributed by atoms with Gasteiger partial charge in [-0.1, -0.05) is 24.3 Å². The number of likely N-dealkylation sites (N-methyl/N-ethyl adjacent to an activating group) is 1. The molecule has 2 aromatic rings. The lowest BCUT2D eigenvalue weighted by Gasteiger charge is -2.43. The predicted molar refractivity (Wildman–Crippen MR) is 105 cm³/mol. The Morgan fingerprint density at radius 3 is 2.63 bits per heavy atom. The number of anilines is 1. The van der Waals surface area contributed by atoms with Gasteiger partial charge in [0.25, 0.3) is 0 Å². The number of hydrogen-bond acceptors (Lipinski definition) is 5. The monoisotopic (exact) mass is 366 g/mol. The van der Waals surface area contributed by atoms with Gasteiger partial charge in [-0.2, -0.15) is 0 Å². The summed E-state index contributed by atoms with van der Waals surface area (Å²) in [5.41, 5.74) is 8.14. The Morgan fingerprint density at radius 1 is 1.26 bits per heavy atom. The van der Waals surface area contributed by atoms with Crippen LogP contribution in [0.4, 0.5) is 5.82 Å². The minimum atomic E-state index is -0.443. The zero-order valence-corrected chi connectivity index (χ0v) is 15.8. The third kappa shape index (κ3) is 2.80. The second-order valence-corrected chi connectivity index (χ2v) is 7.85. The zero-order valence-electron chi connectivity index (χ0n) is 15.8. The SMILES string of the molecule is CN(C)[C@H]1c2ccccc2C2(CCN(c3cc(C(N)=O)ccn3)CC2)[C@@H]1O.